The minimum Gasteiger partial charge on any atom is -0.334 e. The number of aromatic amines is 1. The Bertz CT molecular complexity index is 464. The van der Waals surface area contributed by atoms with E-state index in [0.717, 1.165) is 6.42 Å². The molecule has 0 spiro atoms. The minimum absolute atomic E-state index is 0.0828. The molecule has 1 aliphatic rings. The number of alkyl halides is 3. The Morgan fingerprint density at radius 1 is 1.44 bits per heavy atom. The number of H-pyrrole nitrogens is 1. The lowest BCUT2D eigenvalue weighted by Crippen LogP contribution is -2.21. The molecule has 0 aromatic carbocycles. The quantitative estimate of drug-likeness (QED) is 0.714. The molecule has 0 saturated carbocycles. The molecule has 0 saturated heterocycles. The molecule has 1 atom stereocenters. The maximum absolute atomic E-state index is 12.8. The standard InChI is InChI=1S/C10H11F3N2S/c1-5-2-3-7-6(4-5)8(10(11,12)13)15-9(16)14-7/h5H,2-4H2,1H3,(H,14,15,16)/t5-/m1/s1. The first-order valence-electron chi connectivity index (χ1n) is 5.07. The number of rotatable bonds is 0. The van der Waals surface area contributed by atoms with Crippen molar-refractivity contribution in [2.75, 3.05) is 0 Å². The van der Waals surface area contributed by atoms with E-state index in [4.69, 9.17) is 12.2 Å². The zero-order valence-electron chi connectivity index (χ0n) is 8.69. The summed E-state index contributed by atoms with van der Waals surface area (Å²) in [6.07, 6.45) is -2.49. The topological polar surface area (TPSA) is 28.7 Å². The Morgan fingerprint density at radius 3 is 2.75 bits per heavy atom. The fourth-order valence-corrected chi connectivity index (χ4v) is 2.27. The van der Waals surface area contributed by atoms with E-state index in [9.17, 15) is 13.2 Å². The molecule has 0 aliphatic heterocycles. The first kappa shape index (κ1) is 11.6. The summed E-state index contributed by atoms with van der Waals surface area (Å²) in [5.41, 5.74) is 0.0862. The lowest BCUT2D eigenvalue weighted by Gasteiger charge is -2.23. The fraction of sp³-hybridized carbons (Fsp3) is 0.600. The predicted octanol–water partition coefficient (Wildman–Crippen LogP) is 3.28. The summed E-state index contributed by atoms with van der Waals surface area (Å²) in [5.74, 6) is 0.264. The minimum atomic E-state index is -4.41. The molecule has 0 unspecified atom stereocenters. The van der Waals surface area contributed by atoms with Gasteiger partial charge in [0.25, 0.3) is 0 Å². The number of aromatic nitrogens is 2. The van der Waals surface area contributed by atoms with Gasteiger partial charge in [-0.05, 0) is 37.4 Å². The zero-order chi connectivity index (χ0) is 11.9. The highest BCUT2D eigenvalue weighted by Gasteiger charge is 2.37. The van der Waals surface area contributed by atoms with Gasteiger partial charge in [-0.2, -0.15) is 13.2 Å². The molecular formula is C10H11F3N2S. The van der Waals surface area contributed by atoms with Gasteiger partial charge >= 0.3 is 6.18 Å². The Balaban J connectivity index is 2.60. The van der Waals surface area contributed by atoms with Crippen molar-refractivity contribution in [3.8, 4) is 0 Å². The molecule has 0 fully saturated rings. The summed E-state index contributed by atoms with van der Waals surface area (Å²) in [4.78, 5) is 6.19. The second-order valence-electron chi connectivity index (χ2n) is 4.19. The number of hydrogen-bond acceptors (Lipinski definition) is 2. The smallest absolute Gasteiger partial charge is 0.334 e. The van der Waals surface area contributed by atoms with Crippen LogP contribution in [0.25, 0.3) is 0 Å². The molecular weight excluding hydrogens is 237 g/mol. The third-order valence-electron chi connectivity index (χ3n) is 2.83. The van der Waals surface area contributed by atoms with E-state index in [1.165, 1.54) is 0 Å². The van der Waals surface area contributed by atoms with Crippen molar-refractivity contribution in [1.29, 1.82) is 0 Å². The van der Waals surface area contributed by atoms with Crippen LogP contribution >= 0.6 is 12.2 Å². The molecule has 0 bridgehead atoms. The van der Waals surface area contributed by atoms with Crippen molar-refractivity contribution in [2.24, 2.45) is 5.92 Å². The molecule has 16 heavy (non-hydrogen) atoms. The van der Waals surface area contributed by atoms with E-state index >= 15 is 0 Å². The first-order valence-corrected chi connectivity index (χ1v) is 5.48. The largest absolute Gasteiger partial charge is 0.433 e. The average molecular weight is 248 g/mol. The summed E-state index contributed by atoms with van der Waals surface area (Å²) >= 11 is 4.72. The van der Waals surface area contributed by atoms with Crippen molar-refractivity contribution < 1.29 is 13.2 Å². The molecule has 2 nitrogen and oxygen atoms in total. The summed E-state index contributed by atoms with van der Waals surface area (Å²) in [5, 5.41) is 0. The summed E-state index contributed by atoms with van der Waals surface area (Å²) in [6.45, 7) is 1.95. The molecule has 1 N–H and O–H groups in total. The SMILES string of the molecule is C[C@@H]1CCc2[nH]c(=S)nc(C(F)(F)F)c2C1. The van der Waals surface area contributed by atoms with E-state index in [2.05, 4.69) is 9.97 Å². The van der Waals surface area contributed by atoms with Crippen LogP contribution < -0.4 is 0 Å². The van der Waals surface area contributed by atoms with E-state index < -0.39 is 11.9 Å². The van der Waals surface area contributed by atoms with Crippen molar-refractivity contribution in [3.63, 3.8) is 0 Å². The van der Waals surface area contributed by atoms with Crippen LogP contribution in [0.5, 0.6) is 0 Å². The fourth-order valence-electron chi connectivity index (χ4n) is 2.05. The van der Waals surface area contributed by atoms with Crippen molar-refractivity contribution in [3.05, 3.63) is 21.7 Å². The third kappa shape index (κ3) is 2.11. The first-order chi connectivity index (χ1) is 7.38. The van der Waals surface area contributed by atoms with Crippen LogP contribution in [0.1, 0.15) is 30.3 Å². The number of aryl methyl sites for hydroxylation is 1. The van der Waals surface area contributed by atoms with Crippen LogP contribution in [-0.2, 0) is 19.0 Å². The second-order valence-corrected chi connectivity index (χ2v) is 4.58. The van der Waals surface area contributed by atoms with E-state index in [1.54, 1.807) is 0 Å². The zero-order valence-corrected chi connectivity index (χ0v) is 9.50. The summed E-state index contributed by atoms with van der Waals surface area (Å²) in [7, 11) is 0. The number of nitrogens with one attached hydrogen (secondary N) is 1. The molecule has 1 aliphatic carbocycles. The van der Waals surface area contributed by atoms with Crippen LogP contribution in [0.15, 0.2) is 0 Å². The van der Waals surface area contributed by atoms with Gasteiger partial charge in [-0.15, -0.1) is 0 Å². The predicted molar refractivity (Wildman–Crippen MR) is 55.6 cm³/mol. The Hall–Kier alpha value is -0.910. The Morgan fingerprint density at radius 2 is 2.12 bits per heavy atom. The molecule has 1 aromatic rings. The maximum atomic E-state index is 12.8. The van der Waals surface area contributed by atoms with Gasteiger partial charge in [0, 0.05) is 11.3 Å². The number of halogens is 3. The van der Waals surface area contributed by atoms with Crippen molar-refractivity contribution in [2.45, 2.75) is 32.4 Å². The van der Waals surface area contributed by atoms with Crippen LogP contribution in [0.4, 0.5) is 13.2 Å². The number of nitrogens with zero attached hydrogens (tertiary/aromatic N) is 1. The van der Waals surface area contributed by atoms with Gasteiger partial charge < -0.3 is 4.98 Å². The highest BCUT2D eigenvalue weighted by Crippen LogP contribution is 2.35. The van der Waals surface area contributed by atoms with Crippen LogP contribution in [0, 0.1) is 10.7 Å². The highest BCUT2D eigenvalue weighted by atomic mass is 32.1. The lowest BCUT2D eigenvalue weighted by molar-refractivity contribution is -0.142. The lowest BCUT2D eigenvalue weighted by atomic mass is 9.87. The normalized spacial score (nSPS) is 20.6. The van der Waals surface area contributed by atoms with E-state index in [0.29, 0.717) is 24.1 Å². The molecule has 88 valence electrons. The van der Waals surface area contributed by atoms with Gasteiger partial charge in [0.2, 0.25) is 0 Å². The molecule has 0 amide bonds. The van der Waals surface area contributed by atoms with Gasteiger partial charge in [0.1, 0.15) is 0 Å². The Kier molecular flexibility index (Phi) is 2.77. The Labute approximate surface area is 95.9 Å². The van der Waals surface area contributed by atoms with Crippen LogP contribution in [0.3, 0.4) is 0 Å². The third-order valence-corrected chi connectivity index (χ3v) is 3.02. The molecule has 2 rings (SSSR count). The average Bonchev–Trinajstić information content (AvgIpc) is 2.16. The van der Waals surface area contributed by atoms with Crippen molar-refractivity contribution in [1.82, 2.24) is 9.97 Å². The molecule has 1 aromatic heterocycles. The van der Waals surface area contributed by atoms with Gasteiger partial charge in [0.15, 0.2) is 10.5 Å². The van der Waals surface area contributed by atoms with Crippen molar-refractivity contribution >= 4 is 12.2 Å². The highest BCUT2D eigenvalue weighted by molar-refractivity contribution is 7.71. The molecule has 0 radical (unpaired) electrons. The second kappa shape index (κ2) is 3.84. The number of fused-ring (bicyclic) bond motifs is 1. The molecule has 1 heterocycles. The van der Waals surface area contributed by atoms with Gasteiger partial charge in [0.05, 0.1) is 0 Å². The monoisotopic (exact) mass is 248 g/mol. The van der Waals surface area contributed by atoms with E-state index in [1.807, 2.05) is 6.92 Å². The van der Waals surface area contributed by atoms with Gasteiger partial charge in [-0.25, -0.2) is 4.98 Å². The van der Waals surface area contributed by atoms with Crippen LogP contribution in [0.2, 0.25) is 0 Å². The molecule has 6 heteroatoms. The maximum Gasteiger partial charge on any atom is 0.433 e. The van der Waals surface area contributed by atoms with Gasteiger partial charge in [-0.3, -0.25) is 0 Å². The van der Waals surface area contributed by atoms with Crippen LogP contribution in [-0.4, -0.2) is 9.97 Å². The van der Waals surface area contributed by atoms with E-state index in [-0.39, 0.29) is 10.7 Å². The summed E-state index contributed by atoms with van der Waals surface area (Å²) in [6, 6.07) is 0. The number of hydrogen-bond donors (Lipinski definition) is 1. The van der Waals surface area contributed by atoms with Gasteiger partial charge in [-0.1, -0.05) is 6.92 Å². The summed E-state index contributed by atoms with van der Waals surface area (Å²) < 4.78 is 38.2.